The molecule has 5 nitrogen and oxygen atoms in total. The topological polar surface area (TPSA) is 49.4 Å². The van der Waals surface area contributed by atoms with Crippen molar-refractivity contribution >= 4 is 34.8 Å². The molecule has 0 aliphatic carbocycles. The summed E-state index contributed by atoms with van der Waals surface area (Å²) in [6.45, 7) is 3.37. The second-order valence-electron chi connectivity index (χ2n) is 10.5. The van der Waals surface area contributed by atoms with Gasteiger partial charge in [-0.25, -0.2) is 0 Å². The third kappa shape index (κ3) is 5.02. The molecule has 2 heterocycles. The van der Waals surface area contributed by atoms with Crippen LogP contribution in [0, 0.1) is 6.92 Å². The largest absolute Gasteiger partial charge is 0.416 e. The van der Waals surface area contributed by atoms with Crippen LogP contribution < -0.4 is 10.2 Å². The van der Waals surface area contributed by atoms with Crippen LogP contribution in [-0.4, -0.2) is 49.0 Å². The monoisotopic (exact) mass is 542 g/mol. The van der Waals surface area contributed by atoms with Gasteiger partial charge in [0.15, 0.2) is 6.54 Å². The molecule has 1 saturated heterocycles. The molecule has 0 spiro atoms. The lowest BCUT2D eigenvalue weighted by Gasteiger charge is -2.44. The van der Waals surface area contributed by atoms with Gasteiger partial charge in [0.05, 0.1) is 48.2 Å². The van der Waals surface area contributed by atoms with Crippen molar-refractivity contribution in [1.82, 2.24) is 0 Å². The van der Waals surface area contributed by atoms with E-state index < -0.39 is 11.7 Å². The molecule has 2 aliphatic heterocycles. The van der Waals surface area contributed by atoms with Gasteiger partial charge >= 0.3 is 6.18 Å². The number of alkyl halides is 3. The second-order valence-corrected chi connectivity index (χ2v) is 10.9. The summed E-state index contributed by atoms with van der Waals surface area (Å²) in [6, 6.07) is 17.7. The Labute approximate surface area is 224 Å². The normalized spacial score (nSPS) is 22.5. The predicted molar refractivity (Wildman–Crippen MR) is 141 cm³/mol. The molecule has 1 N–H and O–H groups in total. The number of benzene rings is 3. The van der Waals surface area contributed by atoms with E-state index in [1.165, 1.54) is 12.1 Å². The zero-order valence-electron chi connectivity index (χ0n) is 21.1. The van der Waals surface area contributed by atoms with E-state index in [0.717, 1.165) is 28.9 Å². The van der Waals surface area contributed by atoms with Crippen molar-refractivity contribution in [2.45, 2.75) is 31.5 Å². The van der Waals surface area contributed by atoms with Gasteiger partial charge in [0.2, 0.25) is 0 Å². The molecule has 2 amide bonds. The van der Waals surface area contributed by atoms with Crippen molar-refractivity contribution in [3.63, 3.8) is 0 Å². The number of likely N-dealkylation sites (N-methyl/N-ethyl adjacent to an activating group) is 1. The number of carbonyl (C=O) groups is 2. The van der Waals surface area contributed by atoms with E-state index in [1.807, 2.05) is 31.0 Å². The number of carbonyl (C=O) groups excluding carboxylic acids is 2. The summed E-state index contributed by atoms with van der Waals surface area (Å²) in [5, 5.41) is 3.04. The number of aryl methyl sites for hydroxylation is 1. The van der Waals surface area contributed by atoms with Gasteiger partial charge < -0.3 is 14.7 Å². The minimum atomic E-state index is -4.48. The SMILES string of the molecule is Cc1ccc2c(c1)C1C[N+](C)(CC(=O)Nc3cccc(C(F)(F)F)c3)CCC1N2C(=O)c1ccccc1Cl. The van der Waals surface area contributed by atoms with Crippen LogP contribution in [0.15, 0.2) is 66.7 Å². The molecular formula is C29H28ClF3N3O2+. The highest BCUT2D eigenvalue weighted by atomic mass is 35.5. The third-order valence-corrected chi connectivity index (χ3v) is 7.89. The first kappa shape index (κ1) is 26.3. The molecule has 5 rings (SSSR count). The predicted octanol–water partition coefficient (Wildman–Crippen LogP) is 6.27. The molecule has 2 aliphatic rings. The molecule has 0 radical (unpaired) electrons. The number of likely N-dealkylation sites (tertiary alicyclic amines) is 1. The molecule has 38 heavy (non-hydrogen) atoms. The number of quaternary nitrogens is 1. The number of amides is 2. The summed E-state index contributed by atoms with van der Waals surface area (Å²) in [5.41, 5.74) is 2.76. The van der Waals surface area contributed by atoms with E-state index in [9.17, 15) is 22.8 Å². The molecule has 198 valence electrons. The van der Waals surface area contributed by atoms with Gasteiger partial charge in [-0.15, -0.1) is 0 Å². The third-order valence-electron chi connectivity index (χ3n) is 7.56. The van der Waals surface area contributed by atoms with E-state index in [0.29, 0.717) is 34.6 Å². The number of fused-ring (bicyclic) bond motifs is 3. The molecule has 0 saturated carbocycles. The van der Waals surface area contributed by atoms with Crippen molar-refractivity contribution in [2.24, 2.45) is 0 Å². The Hall–Kier alpha value is -3.36. The first-order valence-electron chi connectivity index (χ1n) is 12.4. The summed E-state index contributed by atoms with van der Waals surface area (Å²) < 4.78 is 39.7. The number of hydrogen-bond acceptors (Lipinski definition) is 2. The highest BCUT2D eigenvalue weighted by Gasteiger charge is 2.49. The average Bonchev–Trinajstić information content (AvgIpc) is 3.15. The fraction of sp³-hybridized carbons (Fsp3) is 0.310. The highest BCUT2D eigenvalue weighted by Crippen LogP contribution is 2.47. The standard InChI is InChI=1S/C29H27ClF3N3O2/c1-18-10-11-25-22(14-18)23-16-36(2,17-27(37)34-20-7-5-6-19(15-20)29(31,32)33)13-12-26(23)35(25)28(38)21-8-3-4-9-24(21)30/h3-11,14-15,23,26H,12-13,16-17H2,1-2H3/p+1. The van der Waals surface area contributed by atoms with E-state index in [4.69, 9.17) is 11.6 Å². The van der Waals surface area contributed by atoms with Gasteiger partial charge in [0.1, 0.15) is 0 Å². The van der Waals surface area contributed by atoms with E-state index >= 15 is 0 Å². The Kier molecular flexibility index (Phi) is 6.73. The lowest BCUT2D eigenvalue weighted by Crippen LogP contribution is -2.58. The number of nitrogens with zero attached hydrogens (tertiary/aromatic N) is 2. The van der Waals surface area contributed by atoms with Gasteiger partial charge in [0, 0.05) is 17.8 Å². The van der Waals surface area contributed by atoms with Gasteiger partial charge in [-0.2, -0.15) is 13.2 Å². The minimum absolute atomic E-state index is 0.0106. The quantitative estimate of drug-likeness (QED) is 0.395. The summed E-state index contributed by atoms with van der Waals surface area (Å²) in [4.78, 5) is 28.5. The van der Waals surface area contributed by atoms with Crippen molar-refractivity contribution in [3.8, 4) is 0 Å². The Balaban J connectivity index is 1.37. The number of nitrogens with one attached hydrogen (secondary N) is 1. The maximum absolute atomic E-state index is 13.7. The molecule has 3 aromatic carbocycles. The smallest absolute Gasteiger partial charge is 0.321 e. The number of hydrogen-bond donors (Lipinski definition) is 1. The first-order valence-corrected chi connectivity index (χ1v) is 12.8. The summed E-state index contributed by atoms with van der Waals surface area (Å²) in [6.07, 6.45) is -3.82. The van der Waals surface area contributed by atoms with Crippen molar-refractivity contribution in [3.05, 3.63) is 94.0 Å². The van der Waals surface area contributed by atoms with Crippen LogP contribution >= 0.6 is 11.6 Å². The van der Waals surface area contributed by atoms with Crippen molar-refractivity contribution < 1.29 is 27.2 Å². The lowest BCUT2D eigenvalue weighted by molar-refractivity contribution is -0.907. The Morgan fingerprint density at radius 3 is 2.58 bits per heavy atom. The number of piperidine rings is 1. The van der Waals surface area contributed by atoms with Gasteiger partial charge in [0.25, 0.3) is 11.8 Å². The second kappa shape index (κ2) is 9.75. The molecular weight excluding hydrogens is 515 g/mol. The maximum Gasteiger partial charge on any atom is 0.416 e. The van der Waals surface area contributed by atoms with Crippen LogP contribution in [0.5, 0.6) is 0 Å². The van der Waals surface area contributed by atoms with Crippen molar-refractivity contribution in [2.75, 3.05) is 36.9 Å². The fourth-order valence-corrected chi connectivity index (χ4v) is 6.02. The van der Waals surface area contributed by atoms with Crippen LogP contribution in [0.4, 0.5) is 24.5 Å². The Bertz CT molecular complexity index is 1410. The zero-order valence-corrected chi connectivity index (χ0v) is 21.8. The Morgan fingerprint density at radius 1 is 1.08 bits per heavy atom. The molecule has 1 fully saturated rings. The van der Waals surface area contributed by atoms with Crippen molar-refractivity contribution in [1.29, 1.82) is 0 Å². The molecule has 3 aromatic rings. The molecule has 0 aromatic heterocycles. The number of anilines is 2. The minimum Gasteiger partial charge on any atom is -0.321 e. The van der Waals surface area contributed by atoms with Gasteiger partial charge in [-0.05, 0) is 48.9 Å². The maximum atomic E-state index is 13.7. The highest BCUT2D eigenvalue weighted by molar-refractivity contribution is 6.34. The summed E-state index contributed by atoms with van der Waals surface area (Å²) in [5.74, 6) is -0.486. The molecule has 0 bridgehead atoms. The lowest BCUT2D eigenvalue weighted by atomic mass is 9.87. The molecule has 3 atom stereocenters. The van der Waals surface area contributed by atoms with E-state index in [2.05, 4.69) is 11.4 Å². The van der Waals surface area contributed by atoms with Crippen LogP contribution in [0.3, 0.4) is 0 Å². The summed E-state index contributed by atoms with van der Waals surface area (Å²) >= 11 is 6.37. The number of halogens is 4. The summed E-state index contributed by atoms with van der Waals surface area (Å²) in [7, 11) is 1.98. The van der Waals surface area contributed by atoms with Crippen LogP contribution in [-0.2, 0) is 11.0 Å². The molecule has 3 unspecified atom stereocenters. The van der Waals surface area contributed by atoms with Crippen LogP contribution in [0.1, 0.15) is 39.4 Å². The van der Waals surface area contributed by atoms with Gasteiger partial charge in [-0.3, -0.25) is 9.59 Å². The Morgan fingerprint density at radius 2 is 1.84 bits per heavy atom. The average molecular weight is 543 g/mol. The fourth-order valence-electron chi connectivity index (χ4n) is 5.81. The zero-order chi connectivity index (χ0) is 27.2. The van der Waals surface area contributed by atoms with Crippen LogP contribution in [0.2, 0.25) is 5.02 Å². The van der Waals surface area contributed by atoms with E-state index in [1.54, 1.807) is 24.3 Å². The molecule has 9 heteroatoms. The number of rotatable bonds is 4. The van der Waals surface area contributed by atoms with Gasteiger partial charge in [-0.1, -0.05) is 47.5 Å². The van der Waals surface area contributed by atoms with Crippen LogP contribution in [0.25, 0.3) is 0 Å². The first-order chi connectivity index (χ1) is 17.9. The van der Waals surface area contributed by atoms with E-state index in [-0.39, 0.29) is 36.0 Å².